The van der Waals surface area contributed by atoms with Gasteiger partial charge >= 0.3 is 0 Å². The lowest BCUT2D eigenvalue weighted by molar-refractivity contribution is -0.964. The summed E-state index contributed by atoms with van der Waals surface area (Å²) in [6, 6.07) is 34.7. The van der Waals surface area contributed by atoms with Crippen molar-refractivity contribution in [1.82, 2.24) is 0 Å². The van der Waals surface area contributed by atoms with E-state index < -0.39 is 0 Å². The fourth-order valence-corrected chi connectivity index (χ4v) is 17.0. The highest BCUT2D eigenvalue weighted by atomic mass is 16.6. The predicted molar refractivity (Wildman–Crippen MR) is 241 cm³/mol. The maximum Gasteiger partial charge on any atom is 0.269 e. The van der Waals surface area contributed by atoms with E-state index in [1.54, 1.807) is 35.4 Å². The smallest absolute Gasteiger partial charge is 0.269 e. The number of hydrogen-bond acceptors (Lipinski definition) is 7. The highest BCUT2D eigenvalue weighted by molar-refractivity contribution is 5.76. The van der Waals surface area contributed by atoms with Crippen molar-refractivity contribution in [2.75, 3.05) is 42.6 Å². The van der Waals surface area contributed by atoms with E-state index in [2.05, 4.69) is 77.7 Å². The lowest BCUT2D eigenvalue weighted by Gasteiger charge is -2.60. The second-order valence-corrected chi connectivity index (χ2v) is 21.1. The van der Waals surface area contributed by atoms with Gasteiger partial charge in [0, 0.05) is 103 Å². The molecule has 9 aliphatic rings. The number of fused-ring (bicyclic) bond motifs is 8. The van der Waals surface area contributed by atoms with Gasteiger partial charge in [-0.05, 0) is 83.3 Å². The average Bonchev–Trinajstić information content (AvgIpc) is 3.99. The summed E-state index contributed by atoms with van der Waals surface area (Å²) in [5.41, 5.74) is 11.3. The van der Waals surface area contributed by atoms with E-state index in [0.717, 1.165) is 92.3 Å². The normalized spacial score (nSPS) is 39.5. The number of quaternary nitrogens is 2. The van der Waals surface area contributed by atoms with Crippen molar-refractivity contribution in [3.8, 4) is 0 Å². The van der Waals surface area contributed by atoms with Crippen LogP contribution in [-0.4, -0.2) is 80.9 Å². The third kappa shape index (κ3) is 4.80. The van der Waals surface area contributed by atoms with E-state index in [-0.39, 0.29) is 50.7 Å². The number of rotatable bonds is 9. The Morgan fingerprint density at radius 3 is 1.54 bits per heavy atom. The van der Waals surface area contributed by atoms with Crippen molar-refractivity contribution >= 4 is 22.7 Å². The maximum atomic E-state index is 11.7. The van der Waals surface area contributed by atoms with Crippen LogP contribution < -0.4 is 9.80 Å². The van der Waals surface area contributed by atoms with Crippen LogP contribution >= 0.6 is 0 Å². The lowest BCUT2D eigenvalue weighted by atomic mass is 9.54. The van der Waals surface area contributed by atoms with Gasteiger partial charge in [0.05, 0.1) is 58.9 Å². The number of nitro groups is 2. The topological polar surface area (TPSA) is 113 Å². The van der Waals surface area contributed by atoms with Gasteiger partial charge in [-0.25, -0.2) is 0 Å². The first-order valence-electron chi connectivity index (χ1n) is 23.6. The van der Waals surface area contributed by atoms with Crippen molar-refractivity contribution in [2.45, 2.75) is 93.5 Å². The first kappa shape index (κ1) is 38.1. The molecule has 0 aromatic heterocycles. The van der Waals surface area contributed by atoms with Crippen LogP contribution in [0.4, 0.5) is 22.7 Å². The maximum absolute atomic E-state index is 11.7. The van der Waals surface area contributed by atoms with Crippen molar-refractivity contribution < 1.29 is 23.9 Å². The largest absolute Gasteiger partial charge is 0.396 e. The van der Waals surface area contributed by atoms with E-state index >= 15 is 0 Å². The Hall–Kier alpha value is -5.36. The molecule has 12 atom stereocenters. The molecule has 11 heteroatoms. The van der Waals surface area contributed by atoms with Crippen LogP contribution in [0.3, 0.4) is 0 Å². The van der Waals surface area contributed by atoms with Gasteiger partial charge in [0.25, 0.3) is 11.4 Å². The number of non-ortho nitro benzene ring substituents is 2. The molecule has 4 aromatic rings. The second kappa shape index (κ2) is 13.1. The van der Waals surface area contributed by atoms with Crippen molar-refractivity contribution in [2.24, 2.45) is 23.7 Å². The molecular weight excluding hydrogens is 789 g/mol. The summed E-state index contributed by atoms with van der Waals surface area (Å²) < 4.78 is 2.02. The van der Waals surface area contributed by atoms with E-state index in [1.165, 1.54) is 28.1 Å². The summed E-state index contributed by atoms with van der Waals surface area (Å²) in [6.45, 7) is 8.58. The van der Waals surface area contributed by atoms with Crippen LogP contribution in [0.2, 0.25) is 0 Å². The van der Waals surface area contributed by atoms with Gasteiger partial charge in [0.2, 0.25) is 0 Å². The molecule has 63 heavy (non-hydrogen) atoms. The van der Waals surface area contributed by atoms with Crippen molar-refractivity contribution in [1.29, 1.82) is 0 Å². The minimum absolute atomic E-state index is 0.0718. The molecule has 2 unspecified atom stereocenters. The minimum atomic E-state index is -0.302. The molecule has 0 radical (unpaired) electrons. The SMILES string of the molecule is CC[C@@H]1C[N+]2(Cc3ccc([N+](=O)[O-])cc3)CC[C@@]34c5ccccc5N5/C=C6/[C@H]7C[C@H]8[C@@]9(CC[N+]8(Cc8ccc([N+](=O)[O-])cc8)C[C@H]7CCO)c7ccccc7N(/C=C(/[C@H]1C[C@@H]32)[C@H]54)[C@@H]69. The Morgan fingerprint density at radius 2 is 1.10 bits per heavy atom. The number of aliphatic hydroxyl groups excluding tert-OH is 1. The molecule has 1 N–H and O–H groups in total. The van der Waals surface area contributed by atoms with Gasteiger partial charge in [0.1, 0.15) is 25.2 Å². The van der Waals surface area contributed by atoms with Crippen molar-refractivity contribution in [3.05, 3.63) is 163 Å². The number of piperidine rings is 2. The Bertz CT molecular complexity index is 2670. The zero-order chi connectivity index (χ0) is 42.6. The molecule has 7 heterocycles. The fraction of sp³-hybridized carbons (Fsp3) is 0.462. The van der Waals surface area contributed by atoms with Gasteiger partial charge in [-0.15, -0.1) is 0 Å². The molecule has 322 valence electrons. The summed E-state index contributed by atoms with van der Waals surface area (Å²) in [5.74, 6) is 1.59. The third-order valence-electron chi connectivity index (χ3n) is 19.0. The van der Waals surface area contributed by atoms with Gasteiger partial charge in [-0.3, -0.25) is 20.2 Å². The molecule has 11 nitrogen and oxygen atoms in total. The first-order chi connectivity index (χ1) is 30.6. The summed E-state index contributed by atoms with van der Waals surface area (Å²) in [7, 11) is 0. The summed E-state index contributed by atoms with van der Waals surface area (Å²) in [5, 5.41) is 34.1. The molecule has 2 spiro atoms. The van der Waals surface area contributed by atoms with E-state index in [0.29, 0.717) is 35.8 Å². The third-order valence-corrected chi connectivity index (χ3v) is 19.0. The number of nitrogens with zero attached hydrogens (tertiary/aromatic N) is 6. The van der Waals surface area contributed by atoms with E-state index in [4.69, 9.17) is 0 Å². The minimum Gasteiger partial charge on any atom is -0.396 e. The predicted octanol–water partition coefficient (Wildman–Crippen LogP) is 8.51. The molecule has 7 aliphatic heterocycles. The van der Waals surface area contributed by atoms with Crippen LogP contribution in [0.5, 0.6) is 0 Å². The van der Waals surface area contributed by atoms with Crippen LogP contribution in [0, 0.1) is 43.9 Å². The summed E-state index contributed by atoms with van der Waals surface area (Å²) in [6.07, 6.45) is 11.7. The Morgan fingerprint density at radius 1 is 0.651 bits per heavy atom. The lowest BCUT2D eigenvalue weighted by Crippen LogP contribution is -2.70. The average molecular weight is 845 g/mol. The molecular formula is C52H56N6O5+2. The zero-order valence-electron chi connectivity index (χ0n) is 36.0. The highest BCUT2D eigenvalue weighted by Gasteiger charge is 2.76. The number of nitro benzene ring substituents is 2. The number of hydrogen-bond donors (Lipinski definition) is 1. The van der Waals surface area contributed by atoms with E-state index in [9.17, 15) is 25.3 Å². The van der Waals surface area contributed by atoms with Crippen LogP contribution in [0.1, 0.15) is 67.7 Å². The molecule has 2 aliphatic carbocycles. The summed E-state index contributed by atoms with van der Waals surface area (Å²) in [4.78, 5) is 28.3. The summed E-state index contributed by atoms with van der Waals surface area (Å²) >= 11 is 0. The number of benzene rings is 4. The standard InChI is InChI=1S/C52H56N6O5/c1-2-35-31-57(29-33-11-15-37(16-12-33)55(60)61)22-20-51-43-7-3-6-10-46(43)54-28-42-40-26-48-52(21-23-58(48,32-36(40)19-24-59)30-34-13-17-38(18-14-34)56(62)63)44-8-4-5-9-45(44)53(50(42)52)27-41(49(51)54)39(35)25-47(51)57/h3-18,27-28,35-36,39-40,47-50,59H,2,19-26,29-32H2,1H3/q+2/b41-27-,42-28-/t35-,36-,39+,40+,47+,48+,49+,50+,51-,52-,57?,58?/m1/s1. The first-order valence-corrected chi connectivity index (χ1v) is 23.6. The van der Waals surface area contributed by atoms with Gasteiger partial charge in [0.15, 0.2) is 0 Å². The second-order valence-electron chi connectivity index (χ2n) is 21.1. The molecule has 4 saturated heterocycles. The molecule has 6 fully saturated rings. The van der Waals surface area contributed by atoms with Gasteiger partial charge in [-0.2, -0.15) is 0 Å². The van der Waals surface area contributed by atoms with E-state index in [1.807, 2.05) is 24.3 Å². The molecule has 2 saturated carbocycles. The number of para-hydroxylation sites is 2. The van der Waals surface area contributed by atoms with Gasteiger partial charge < -0.3 is 23.9 Å². The zero-order valence-corrected chi connectivity index (χ0v) is 36.0. The highest BCUT2D eigenvalue weighted by Crippen LogP contribution is 2.70. The molecule has 4 bridgehead atoms. The van der Waals surface area contributed by atoms with Crippen LogP contribution in [0.25, 0.3) is 0 Å². The van der Waals surface area contributed by atoms with Crippen LogP contribution in [-0.2, 0) is 23.9 Å². The van der Waals surface area contributed by atoms with Crippen molar-refractivity contribution in [3.63, 3.8) is 0 Å². The number of aliphatic hydroxyl groups is 1. The quantitative estimate of drug-likeness (QED) is 0.102. The van der Waals surface area contributed by atoms with Crippen LogP contribution in [0.15, 0.2) is 121 Å². The molecule has 0 amide bonds. The molecule has 13 rings (SSSR count). The van der Waals surface area contributed by atoms with Gasteiger partial charge in [-0.1, -0.05) is 43.3 Å². The Kier molecular flexibility index (Phi) is 7.94. The molecule has 4 aromatic carbocycles. The fourth-order valence-electron chi connectivity index (χ4n) is 17.0. The Labute approximate surface area is 368 Å². The Balaban J connectivity index is 0.994. The number of anilines is 2. The monoisotopic (exact) mass is 844 g/mol.